The zero-order valence-electron chi connectivity index (χ0n) is 11.9. The van der Waals surface area contributed by atoms with Gasteiger partial charge in [0.05, 0.1) is 17.6 Å². The van der Waals surface area contributed by atoms with Crippen molar-refractivity contribution in [1.29, 1.82) is 0 Å². The maximum atomic E-state index is 11.8. The van der Waals surface area contributed by atoms with Gasteiger partial charge in [-0.15, -0.1) is 0 Å². The van der Waals surface area contributed by atoms with E-state index in [2.05, 4.69) is 0 Å². The predicted molar refractivity (Wildman–Crippen MR) is 84.7 cm³/mol. The highest BCUT2D eigenvalue weighted by Gasteiger charge is 2.16. The van der Waals surface area contributed by atoms with Gasteiger partial charge in [-0.3, -0.25) is 0 Å². The van der Waals surface area contributed by atoms with E-state index in [1.807, 2.05) is 43.3 Å². The zero-order chi connectivity index (χ0) is 15.2. The van der Waals surface area contributed by atoms with Crippen LogP contribution in [0.3, 0.4) is 0 Å². The molecule has 0 heterocycles. The third-order valence-corrected chi connectivity index (χ3v) is 3.96. The summed E-state index contributed by atoms with van der Waals surface area (Å²) in [5.41, 5.74) is 1.43. The highest BCUT2D eigenvalue weighted by atomic mass is 32.2. The molecule has 0 spiro atoms. The van der Waals surface area contributed by atoms with Crippen molar-refractivity contribution >= 4 is 23.8 Å². The average molecular weight is 300 g/mol. The summed E-state index contributed by atoms with van der Waals surface area (Å²) in [5.74, 6) is -0.391. The maximum Gasteiger partial charge on any atom is 0.339 e. The van der Waals surface area contributed by atoms with Crippen molar-refractivity contribution < 1.29 is 14.6 Å². The average Bonchev–Trinajstić information content (AvgIpc) is 2.49. The molecule has 4 heteroatoms. The van der Waals surface area contributed by atoms with Gasteiger partial charge in [0.25, 0.3) is 0 Å². The smallest absolute Gasteiger partial charge is 0.339 e. The second-order valence-electron chi connectivity index (χ2n) is 4.32. The minimum absolute atomic E-state index is 0.0688. The first-order chi connectivity index (χ1) is 10.2. The molecule has 2 rings (SSSR count). The molecule has 0 atom stereocenters. The topological polar surface area (TPSA) is 46.5 Å². The van der Waals surface area contributed by atoms with Crippen molar-refractivity contribution in [2.45, 2.75) is 16.7 Å². The fraction of sp³-hybridized carbons (Fsp3) is 0.118. The van der Waals surface area contributed by atoms with Crippen LogP contribution in [0.2, 0.25) is 0 Å². The number of phenols is 1. The molecule has 0 unspecified atom stereocenters. The molecule has 0 aliphatic rings. The van der Waals surface area contributed by atoms with Crippen LogP contribution in [0.5, 0.6) is 5.75 Å². The largest absolute Gasteiger partial charge is 0.507 e. The van der Waals surface area contributed by atoms with E-state index in [-0.39, 0.29) is 5.75 Å². The molecular weight excluding hydrogens is 284 g/mol. The molecule has 21 heavy (non-hydrogen) atoms. The van der Waals surface area contributed by atoms with Crippen LogP contribution in [0, 0.1) is 0 Å². The molecule has 2 aromatic carbocycles. The molecule has 0 aromatic heterocycles. The molecule has 0 aliphatic carbocycles. The molecule has 0 radical (unpaired) electrons. The Kier molecular flexibility index (Phi) is 5.06. The fourth-order valence-electron chi connectivity index (χ4n) is 1.89. The quantitative estimate of drug-likeness (QED) is 0.852. The lowest BCUT2D eigenvalue weighted by molar-refractivity contribution is 0.0596. The van der Waals surface area contributed by atoms with Crippen LogP contribution >= 0.6 is 11.8 Å². The third kappa shape index (κ3) is 3.67. The minimum atomic E-state index is -0.460. The Balaban J connectivity index is 2.39. The van der Waals surface area contributed by atoms with Gasteiger partial charge in [0, 0.05) is 4.90 Å². The first-order valence-corrected chi connectivity index (χ1v) is 7.28. The summed E-state index contributed by atoms with van der Waals surface area (Å²) in [6.45, 7) is 1.96. The Morgan fingerprint density at radius 3 is 2.71 bits per heavy atom. The second kappa shape index (κ2) is 6.99. The molecule has 0 aliphatic heterocycles. The molecule has 2 aromatic rings. The number of allylic oxidation sites excluding steroid dienone is 1. The van der Waals surface area contributed by atoms with Gasteiger partial charge < -0.3 is 9.84 Å². The van der Waals surface area contributed by atoms with E-state index in [0.29, 0.717) is 10.5 Å². The zero-order valence-corrected chi connectivity index (χ0v) is 12.7. The van der Waals surface area contributed by atoms with Gasteiger partial charge in [0.1, 0.15) is 5.75 Å². The summed E-state index contributed by atoms with van der Waals surface area (Å²) >= 11 is 1.34. The molecule has 0 saturated heterocycles. The monoisotopic (exact) mass is 300 g/mol. The number of phenolic OH excluding ortho intramolecular Hbond substituents is 1. The highest BCUT2D eigenvalue weighted by Crippen LogP contribution is 2.37. The van der Waals surface area contributed by atoms with Gasteiger partial charge in [0.2, 0.25) is 0 Å². The van der Waals surface area contributed by atoms with Crippen molar-refractivity contribution in [3.05, 3.63) is 59.7 Å². The van der Waals surface area contributed by atoms with Crippen molar-refractivity contribution in [2.75, 3.05) is 7.11 Å². The third-order valence-electron chi connectivity index (χ3n) is 2.84. The standard InChI is InChI=1S/C17H16O3S/c1-3-6-12-7-4-8-13(11-12)21-16-14(17(19)20-2)9-5-10-15(16)18/h3-11,18H,1-2H3. The number of methoxy groups -OCH3 is 1. The number of ether oxygens (including phenoxy) is 1. The van der Waals surface area contributed by atoms with E-state index in [1.54, 1.807) is 18.2 Å². The highest BCUT2D eigenvalue weighted by molar-refractivity contribution is 7.99. The molecule has 0 amide bonds. The number of aromatic hydroxyl groups is 1. The summed E-state index contributed by atoms with van der Waals surface area (Å²) in [5, 5.41) is 10.0. The first kappa shape index (κ1) is 15.2. The molecule has 0 fully saturated rings. The SMILES string of the molecule is CC=Cc1cccc(Sc2c(O)cccc2C(=O)OC)c1. The number of carbonyl (C=O) groups excluding carboxylic acids is 1. The lowest BCUT2D eigenvalue weighted by Gasteiger charge is -2.10. The number of benzene rings is 2. The Morgan fingerprint density at radius 2 is 2.00 bits per heavy atom. The van der Waals surface area contributed by atoms with Crippen LogP contribution in [0.25, 0.3) is 6.08 Å². The van der Waals surface area contributed by atoms with Crippen molar-refractivity contribution in [3.63, 3.8) is 0 Å². The van der Waals surface area contributed by atoms with Gasteiger partial charge in [-0.2, -0.15) is 0 Å². The van der Waals surface area contributed by atoms with Crippen LogP contribution in [0.4, 0.5) is 0 Å². The van der Waals surface area contributed by atoms with Gasteiger partial charge >= 0.3 is 5.97 Å². The lowest BCUT2D eigenvalue weighted by atomic mass is 10.2. The van der Waals surface area contributed by atoms with Gasteiger partial charge in [0.15, 0.2) is 0 Å². The van der Waals surface area contributed by atoms with Crippen molar-refractivity contribution in [3.8, 4) is 5.75 Å². The summed E-state index contributed by atoms with van der Waals surface area (Å²) in [4.78, 5) is 13.2. The predicted octanol–water partition coefficient (Wildman–Crippen LogP) is 4.36. The number of rotatable bonds is 4. The second-order valence-corrected chi connectivity index (χ2v) is 5.40. The Hall–Kier alpha value is -2.20. The first-order valence-electron chi connectivity index (χ1n) is 6.46. The van der Waals surface area contributed by atoms with E-state index in [4.69, 9.17) is 4.74 Å². The van der Waals surface area contributed by atoms with Crippen LogP contribution in [0.15, 0.2) is 58.3 Å². The van der Waals surface area contributed by atoms with Crippen molar-refractivity contribution in [2.24, 2.45) is 0 Å². The normalized spacial score (nSPS) is 10.8. The van der Waals surface area contributed by atoms with Crippen LogP contribution in [-0.4, -0.2) is 18.2 Å². The summed E-state index contributed by atoms with van der Waals surface area (Å²) in [6.07, 6.45) is 3.96. The van der Waals surface area contributed by atoms with E-state index >= 15 is 0 Å². The summed E-state index contributed by atoms with van der Waals surface area (Å²) in [7, 11) is 1.33. The van der Waals surface area contributed by atoms with Crippen LogP contribution in [0.1, 0.15) is 22.8 Å². The fourth-order valence-corrected chi connectivity index (χ4v) is 2.91. The molecule has 108 valence electrons. The van der Waals surface area contributed by atoms with Crippen LogP contribution < -0.4 is 0 Å². The summed E-state index contributed by atoms with van der Waals surface area (Å²) in [6, 6.07) is 12.7. The van der Waals surface area contributed by atoms with Gasteiger partial charge in [-0.05, 0) is 36.8 Å². The maximum absolute atomic E-state index is 11.8. The summed E-state index contributed by atoms with van der Waals surface area (Å²) < 4.78 is 4.76. The van der Waals surface area contributed by atoms with E-state index in [9.17, 15) is 9.90 Å². The molecule has 0 bridgehead atoms. The Bertz CT molecular complexity index is 677. The molecule has 1 N–H and O–H groups in total. The van der Waals surface area contributed by atoms with E-state index in [1.165, 1.54) is 18.9 Å². The number of esters is 1. The number of hydrogen-bond acceptors (Lipinski definition) is 4. The van der Waals surface area contributed by atoms with Crippen molar-refractivity contribution in [1.82, 2.24) is 0 Å². The lowest BCUT2D eigenvalue weighted by Crippen LogP contribution is -2.02. The molecular formula is C17H16O3S. The van der Waals surface area contributed by atoms with E-state index in [0.717, 1.165) is 10.5 Å². The molecule has 3 nitrogen and oxygen atoms in total. The number of hydrogen-bond donors (Lipinski definition) is 1. The molecule has 0 saturated carbocycles. The Morgan fingerprint density at radius 1 is 1.24 bits per heavy atom. The van der Waals surface area contributed by atoms with Gasteiger partial charge in [-0.25, -0.2) is 4.79 Å². The number of carbonyl (C=O) groups is 1. The van der Waals surface area contributed by atoms with E-state index < -0.39 is 5.97 Å². The Labute approximate surface area is 128 Å². The minimum Gasteiger partial charge on any atom is -0.507 e. The van der Waals surface area contributed by atoms with Crippen LogP contribution in [-0.2, 0) is 4.74 Å². The van der Waals surface area contributed by atoms with Gasteiger partial charge in [-0.1, -0.05) is 42.1 Å².